The Morgan fingerprint density at radius 3 is 2.38 bits per heavy atom. The molecule has 1 heterocycles. The molecule has 0 spiro atoms. The fourth-order valence-corrected chi connectivity index (χ4v) is 2.80. The lowest BCUT2D eigenvalue weighted by molar-refractivity contribution is -0.155. The van der Waals surface area contributed by atoms with Gasteiger partial charge in [0, 0.05) is 6.54 Å². The zero-order valence-corrected chi connectivity index (χ0v) is 15.5. The molecular weight excluding hydrogens is 312 g/mol. The predicted octanol–water partition coefficient (Wildman–Crippen LogP) is 2.09. The molecule has 1 rings (SSSR count). The number of esters is 1. The van der Waals surface area contributed by atoms with Crippen molar-refractivity contribution >= 4 is 18.0 Å². The molecule has 0 bridgehead atoms. The lowest BCUT2D eigenvalue weighted by atomic mass is 10.0. The van der Waals surface area contributed by atoms with Crippen LogP contribution in [-0.4, -0.2) is 54.2 Å². The third kappa shape index (κ3) is 5.69. The molecule has 0 saturated carbocycles. The summed E-state index contributed by atoms with van der Waals surface area (Å²) in [6, 6.07) is -1.34. The Labute approximate surface area is 144 Å². The minimum atomic E-state index is -0.687. The van der Waals surface area contributed by atoms with Crippen LogP contribution in [0.1, 0.15) is 53.9 Å². The van der Waals surface area contributed by atoms with Gasteiger partial charge in [-0.25, -0.2) is 9.59 Å². The second kappa shape index (κ2) is 8.35. The van der Waals surface area contributed by atoms with E-state index in [1.807, 2.05) is 13.8 Å². The molecule has 138 valence electrons. The van der Waals surface area contributed by atoms with E-state index in [0.29, 0.717) is 13.0 Å². The molecule has 0 aliphatic carbocycles. The molecule has 0 aromatic carbocycles. The van der Waals surface area contributed by atoms with Crippen molar-refractivity contribution in [3.8, 4) is 0 Å². The highest BCUT2D eigenvalue weighted by atomic mass is 16.6. The Bertz CT molecular complexity index is 470. The highest BCUT2D eigenvalue weighted by Crippen LogP contribution is 2.20. The van der Waals surface area contributed by atoms with Gasteiger partial charge in [0.05, 0.1) is 7.11 Å². The molecule has 1 aliphatic heterocycles. The Morgan fingerprint density at radius 2 is 1.88 bits per heavy atom. The molecule has 0 aromatic rings. The number of hydrogen-bond donors (Lipinski definition) is 1. The summed E-state index contributed by atoms with van der Waals surface area (Å²) in [4.78, 5) is 38.5. The molecule has 24 heavy (non-hydrogen) atoms. The summed E-state index contributed by atoms with van der Waals surface area (Å²) < 4.78 is 10.1. The summed E-state index contributed by atoms with van der Waals surface area (Å²) in [5.74, 6) is -0.777. The van der Waals surface area contributed by atoms with Crippen molar-refractivity contribution in [1.29, 1.82) is 0 Å². The van der Waals surface area contributed by atoms with Crippen molar-refractivity contribution in [2.45, 2.75) is 71.6 Å². The van der Waals surface area contributed by atoms with Crippen molar-refractivity contribution < 1.29 is 23.9 Å². The van der Waals surface area contributed by atoms with E-state index in [1.54, 1.807) is 20.8 Å². The van der Waals surface area contributed by atoms with Crippen molar-refractivity contribution in [2.75, 3.05) is 13.7 Å². The summed E-state index contributed by atoms with van der Waals surface area (Å²) in [5, 5.41) is 2.64. The third-order valence-electron chi connectivity index (χ3n) is 3.82. The maximum Gasteiger partial charge on any atom is 0.408 e. The summed E-state index contributed by atoms with van der Waals surface area (Å²) in [7, 11) is 1.32. The number of methoxy groups -OCH3 is 1. The second-order valence-electron chi connectivity index (χ2n) is 7.44. The minimum absolute atomic E-state index is 0.0818. The van der Waals surface area contributed by atoms with Crippen LogP contribution in [-0.2, 0) is 19.1 Å². The third-order valence-corrected chi connectivity index (χ3v) is 3.82. The van der Waals surface area contributed by atoms with Crippen molar-refractivity contribution in [3.63, 3.8) is 0 Å². The molecule has 0 aromatic heterocycles. The van der Waals surface area contributed by atoms with Gasteiger partial charge in [0.25, 0.3) is 0 Å². The van der Waals surface area contributed by atoms with Crippen LogP contribution in [0.15, 0.2) is 0 Å². The first-order valence-corrected chi connectivity index (χ1v) is 8.44. The Morgan fingerprint density at radius 1 is 1.25 bits per heavy atom. The van der Waals surface area contributed by atoms with Crippen LogP contribution in [0.3, 0.4) is 0 Å². The highest BCUT2D eigenvalue weighted by Gasteiger charge is 2.38. The molecule has 7 nitrogen and oxygen atoms in total. The summed E-state index contributed by atoms with van der Waals surface area (Å²) in [5.41, 5.74) is -0.635. The SMILES string of the molecule is COC(=O)[C@H](C(C)C)N1CCCC[C@H](NC(=O)OC(C)(C)C)C1=O. The first kappa shape index (κ1) is 20.3. The number of nitrogens with one attached hydrogen (secondary N) is 1. The lowest BCUT2D eigenvalue weighted by Crippen LogP contribution is -2.55. The van der Waals surface area contributed by atoms with E-state index >= 15 is 0 Å². The lowest BCUT2D eigenvalue weighted by Gasteiger charge is -2.33. The number of rotatable bonds is 4. The highest BCUT2D eigenvalue weighted by molar-refractivity contribution is 5.90. The van der Waals surface area contributed by atoms with Crippen LogP contribution >= 0.6 is 0 Å². The average Bonchev–Trinajstić information content (AvgIpc) is 2.60. The van der Waals surface area contributed by atoms with Gasteiger partial charge in [-0.05, 0) is 46.0 Å². The van der Waals surface area contributed by atoms with Crippen LogP contribution in [0.2, 0.25) is 0 Å². The predicted molar refractivity (Wildman–Crippen MR) is 89.4 cm³/mol. The number of ether oxygens (including phenoxy) is 2. The van der Waals surface area contributed by atoms with Gasteiger partial charge < -0.3 is 19.7 Å². The smallest absolute Gasteiger partial charge is 0.408 e. The molecule has 2 amide bonds. The van der Waals surface area contributed by atoms with E-state index in [1.165, 1.54) is 12.0 Å². The van der Waals surface area contributed by atoms with E-state index in [-0.39, 0.29) is 11.8 Å². The zero-order chi connectivity index (χ0) is 18.5. The zero-order valence-electron chi connectivity index (χ0n) is 15.5. The summed E-state index contributed by atoms with van der Waals surface area (Å²) in [6.45, 7) is 9.51. The fraction of sp³-hybridized carbons (Fsp3) is 0.824. The second-order valence-corrected chi connectivity index (χ2v) is 7.44. The standard InChI is InChI=1S/C17H30N2O5/c1-11(2)13(15(21)23-6)19-10-8-7-9-12(14(19)20)18-16(22)24-17(3,4)5/h11-13H,7-10H2,1-6H3,(H,18,22)/t12-,13-/m0/s1. The minimum Gasteiger partial charge on any atom is -0.467 e. The fourth-order valence-electron chi connectivity index (χ4n) is 2.80. The van der Waals surface area contributed by atoms with Gasteiger partial charge in [-0.3, -0.25) is 4.79 Å². The number of carbonyl (C=O) groups excluding carboxylic acids is 3. The molecule has 1 saturated heterocycles. The molecule has 7 heteroatoms. The topological polar surface area (TPSA) is 84.9 Å². The molecule has 1 fully saturated rings. The number of carbonyl (C=O) groups is 3. The Kier molecular flexibility index (Phi) is 7.05. The largest absolute Gasteiger partial charge is 0.467 e. The van der Waals surface area contributed by atoms with E-state index in [0.717, 1.165) is 12.8 Å². The Hall–Kier alpha value is -1.79. The molecule has 1 N–H and O–H groups in total. The van der Waals surface area contributed by atoms with Crippen LogP contribution in [0.5, 0.6) is 0 Å². The summed E-state index contributed by atoms with van der Waals surface area (Å²) in [6.07, 6.45) is 1.47. The van der Waals surface area contributed by atoms with Crippen LogP contribution < -0.4 is 5.32 Å². The first-order chi connectivity index (χ1) is 11.1. The molecule has 1 aliphatic rings. The maximum atomic E-state index is 12.9. The molecule has 2 atom stereocenters. The normalized spacial score (nSPS) is 20.4. The number of hydrogen-bond acceptors (Lipinski definition) is 5. The Balaban J connectivity index is 2.91. The first-order valence-electron chi connectivity index (χ1n) is 8.44. The number of nitrogens with zero attached hydrogens (tertiary/aromatic N) is 1. The van der Waals surface area contributed by atoms with Gasteiger partial charge in [0.1, 0.15) is 17.7 Å². The van der Waals surface area contributed by atoms with Crippen molar-refractivity contribution in [3.05, 3.63) is 0 Å². The van der Waals surface area contributed by atoms with Crippen LogP contribution in [0.25, 0.3) is 0 Å². The van der Waals surface area contributed by atoms with Gasteiger partial charge in [0.2, 0.25) is 5.91 Å². The van der Waals surface area contributed by atoms with Crippen LogP contribution in [0, 0.1) is 5.92 Å². The average molecular weight is 342 g/mol. The van der Waals surface area contributed by atoms with Gasteiger partial charge in [-0.1, -0.05) is 13.8 Å². The quantitative estimate of drug-likeness (QED) is 0.791. The van der Waals surface area contributed by atoms with Crippen molar-refractivity contribution in [2.24, 2.45) is 5.92 Å². The molecule has 0 radical (unpaired) electrons. The number of alkyl carbamates (subject to hydrolysis) is 1. The number of amides is 2. The monoisotopic (exact) mass is 342 g/mol. The van der Waals surface area contributed by atoms with E-state index in [9.17, 15) is 14.4 Å². The van der Waals surface area contributed by atoms with Gasteiger partial charge in [-0.15, -0.1) is 0 Å². The van der Waals surface area contributed by atoms with E-state index in [2.05, 4.69) is 5.32 Å². The van der Waals surface area contributed by atoms with E-state index < -0.39 is 29.7 Å². The molecular formula is C17H30N2O5. The van der Waals surface area contributed by atoms with Crippen molar-refractivity contribution in [1.82, 2.24) is 10.2 Å². The maximum absolute atomic E-state index is 12.9. The van der Waals surface area contributed by atoms with Gasteiger partial charge in [0.15, 0.2) is 0 Å². The van der Waals surface area contributed by atoms with Gasteiger partial charge in [-0.2, -0.15) is 0 Å². The van der Waals surface area contributed by atoms with Gasteiger partial charge >= 0.3 is 12.1 Å². The molecule has 0 unspecified atom stereocenters. The van der Waals surface area contributed by atoms with E-state index in [4.69, 9.17) is 9.47 Å². The number of likely N-dealkylation sites (tertiary alicyclic amines) is 1. The summed E-state index contributed by atoms with van der Waals surface area (Å²) >= 11 is 0. The van der Waals surface area contributed by atoms with Crippen LogP contribution in [0.4, 0.5) is 4.79 Å².